The Morgan fingerprint density at radius 1 is 1.36 bits per heavy atom. The highest BCUT2D eigenvalue weighted by molar-refractivity contribution is 6.30. The summed E-state index contributed by atoms with van der Waals surface area (Å²) >= 11 is 5.58. The molecule has 0 amide bonds. The summed E-state index contributed by atoms with van der Waals surface area (Å²) in [5, 5.41) is 0.493. The molecule has 0 saturated heterocycles. The van der Waals surface area contributed by atoms with Crippen LogP contribution < -0.4 is 0 Å². The maximum atomic E-state index is 12.1. The number of aryl methyl sites for hydroxylation is 1. The van der Waals surface area contributed by atoms with Crippen molar-refractivity contribution in [3.8, 4) is 0 Å². The normalized spacial score (nSPS) is 10.6. The van der Waals surface area contributed by atoms with Crippen molar-refractivity contribution in [3.05, 3.63) is 34.3 Å². The van der Waals surface area contributed by atoms with E-state index in [2.05, 4.69) is 0 Å². The highest BCUT2D eigenvalue weighted by Gasteiger charge is 2.09. The van der Waals surface area contributed by atoms with Crippen LogP contribution in [0.5, 0.6) is 0 Å². The fraction of sp³-hybridized carbons (Fsp3) is 0.250. The zero-order valence-electron chi connectivity index (χ0n) is 5.94. The molecule has 0 bridgehead atoms. The molecule has 0 spiro atoms. The summed E-state index contributed by atoms with van der Waals surface area (Å²) in [7, 11) is 0. The lowest BCUT2D eigenvalue weighted by Gasteiger charge is -2.03. The van der Waals surface area contributed by atoms with Gasteiger partial charge in [-0.1, -0.05) is 17.7 Å². The van der Waals surface area contributed by atoms with Gasteiger partial charge in [-0.3, -0.25) is 0 Å². The van der Waals surface area contributed by atoms with Crippen molar-refractivity contribution in [2.24, 2.45) is 0 Å². The molecule has 1 aromatic carbocycles. The van der Waals surface area contributed by atoms with Crippen molar-refractivity contribution in [2.75, 3.05) is 0 Å². The molecule has 0 N–H and O–H groups in total. The van der Waals surface area contributed by atoms with E-state index in [0.29, 0.717) is 10.6 Å². The molecule has 3 heteroatoms. The number of hydrogen-bond donors (Lipinski definition) is 0. The van der Waals surface area contributed by atoms with E-state index >= 15 is 0 Å². The third-order valence-corrected chi connectivity index (χ3v) is 1.70. The van der Waals surface area contributed by atoms with Gasteiger partial charge in [0.05, 0.1) is 0 Å². The van der Waals surface area contributed by atoms with Crippen LogP contribution in [0.4, 0.5) is 8.78 Å². The van der Waals surface area contributed by atoms with Crippen LogP contribution >= 0.6 is 11.6 Å². The van der Waals surface area contributed by atoms with Gasteiger partial charge in [-0.25, -0.2) is 8.78 Å². The molecule has 0 heterocycles. The molecule has 0 aliphatic rings. The van der Waals surface area contributed by atoms with Crippen molar-refractivity contribution >= 4 is 11.6 Å². The lowest BCUT2D eigenvalue weighted by molar-refractivity contribution is 0.150. The molecule has 60 valence electrons. The smallest absolute Gasteiger partial charge is 0.205 e. The van der Waals surface area contributed by atoms with Crippen LogP contribution in [0.1, 0.15) is 17.6 Å². The van der Waals surface area contributed by atoms with Gasteiger partial charge in [0.2, 0.25) is 0 Å². The minimum atomic E-state index is -2.41. The average Bonchev–Trinajstić information content (AvgIpc) is 1.85. The van der Waals surface area contributed by atoms with E-state index in [0.717, 1.165) is 0 Å². The fourth-order valence-corrected chi connectivity index (χ4v) is 1.11. The van der Waals surface area contributed by atoms with Gasteiger partial charge in [0.25, 0.3) is 6.43 Å². The Labute approximate surface area is 68.8 Å². The van der Waals surface area contributed by atoms with Gasteiger partial charge in [0.1, 0.15) is 0 Å². The molecule has 0 atom stereocenters. The van der Waals surface area contributed by atoms with Crippen molar-refractivity contribution in [3.63, 3.8) is 0 Å². The van der Waals surface area contributed by atoms with E-state index in [1.807, 2.05) is 0 Å². The first kappa shape index (κ1) is 8.47. The van der Waals surface area contributed by atoms with E-state index in [1.54, 1.807) is 6.92 Å². The van der Waals surface area contributed by atoms with Crippen LogP contribution in [0.2, 0.25) is 5.02 Å². The van der Waals surface area contributed by atoms with E-state index < -0.39 is 6.43 Å². The third-order valence-electron chi connectivity index (χ3n) is 1.47. The first-order valence-corrected chi connectivity index (χ1v) is 3.53. The van der Waals surface area contributed by atoms with Gasteiger partial charge in [-0.05, 0) is 24.6 Å². The zero-order valence-corrected chi connectivity index (χ0v) is 6.70. The first-order chi connectivity index (χ1) is 5.11. The predicted octanol–water partition coefficient (Wildman–Crippen LogP) is 3.59. The number of rotatable bonds is 1. The number of halogens is 3. The minimum absolute atomic E-state index is 0.0504. The molecular weight excluding hydrogens is 170 g/mol. The number of alkyl halides is 2. The molecule has 0 saturated carbocycles. The van der Waals surface area contributed by atoms with Gasteiger partial charge < -0.3 is 0 Å². The average molecular weight is 177 g/mol. The Morgan fingerprint density at radius 3 is 2.45 bits per heavy atom. The Hall–Kier alpha value is -0.630. The Balaban J connectivity index is 3.09. The fourth-order valence-electron chi connectivity index (χ4n) is 0.884. The molecule has 0 aromatic heterocycles. The minimum Gasteiger partial charge on any atom is -0.205 e. The van der Waals surface area contributed by atoms with E-state index in [9.17, 15) is 8.78 Å². The monoisotopic (exact) mass is 176 g/mol. The van der Waals surface area contributed by atoms with Crippen molar-refractivity contribution in [2.45, 2.75) is 13.3 Å². The van der Waals surface area contributed by atoms with Crippen LogP contribution in [0.15, 0.2) is 18.2 Å². The van der Waals surface area contributed by atoms with E-state index in [4.69, 9.17) is 11.6 Å². The van der Waals surface area contributed by atoms with Crippen LogP contribution in [0.25, 0.3) is 0 Å². The van der Waals surface area contributed by atoms with E-state index in [-0.39, 0.29) is 5.56 Å². The number of benzene rings is 1. The van der Waals surface area contributed by atoms with Gasteiger partial charge in [0.15, 0.2) is 0 Å². The van der Waals surface area contributed by atoms with Crippen LogP contribution in [0, 0.1) is 6.92 Å². The topological polar surface area (TPSA) is 0 Å². The summed E-state index contributed by atoms with van der Waals surface area (Å²) in [6.07, 6.45) is -2.41. The van der Waals surface area contributed by atoms with Crippen molar-refractivity contribution in [1.29, 1.82) is 0 Å². The SMILES string of the molecule is Cc1cc(Cl)ccc1C(F)F. The standard InChI is InChI=1S/C8H7ClF2/c1-5-4-6(9)2-3-7(5)8(10)11/h2-4,8H,1H3. The first-order valence-electron chi connectivity index (χ1n) is 3.15. The molecule has 1 aromatic rings. The Morgan fingerprint density at radius 2 is 2.00 bits per heavy atom. The molecule has 0 fully saturated rings. The Kier molecular flexibility index (Phi) is 2.45. The molecule has 0 unspecified atom stereocenters. The molecule has 0 aliphatic carbocycles. The van der Waals surface area contributed by atoms with Crippen LogP contribution in [0.3, 0.4) is 0 Å². The van der Waals surface area contributed by atoms with E-state index in [1.165, 1.54) is 18.2 Å². The van der Waals surface area contributed by atoms with Crippen molar-refractivity contribution < 1.29 is 8.78 Å². The molecule has 1 rings (SSSR count). The second-order valence-electron chi connectivity index (χ2n) is 2.30. The molecular formula is C8H7ClF2. The van der Waals surface area contributed by atoms with Gasteiger partial charge in [-0.2, -0.15) is 0 Å². The highest BCUT2D eigenvalue weighted by Crippen LogP contribution is 2.24. The van der Waals surface area contributed by atoms with Crippen LogP contribution in [-0.4, -0.2) is 0 Å². The van der Waals surface area contributed by atoms with Gasteiger partial charge in [0, 0.05) is 10.6 Å². The summed E-state index contributed by atoms with van der Waals surface area (Å²) in [6, 6.07) is 4.35. The maximum absolute atomic E-state index is 12.1. The Bertz CT molecular complexity index is 258. The predicted molar refractivity (Wildman–Crippen MR) is 41.1 cm³/mol. The summed E-state index contributed by atoms with van der Waals surface area (Å²) in [5.41, 5.74) is 0.585. The second-order valence-corrected chi connectivity index (χ2v) is 2.74. The number of hydrogen-bond acceptors (Lipinski definition) is 0. The molecule has 0 nitrogen and oxygen atoms in total. The quantitative estimate of drug-likeness (QED) is 0.614. The summed E-state index contributed by atoms with van der Waals surface area (Å²) in [6.45, 7) is 1.62. The summed E-state index contributed by atoms with van der Waals surface area (Å²) < 4.78 is 24.2. The lowest BCUT2D eigenvalue weighted by Crippen LogP contribution is -1.87. The van der Waals surface area contributed by atoms with Crippen LogP contribution in [-0.2, 0) is 0 Å². The summed E-state index contributed by atoms with van der Waals surface area (Å²) in [4.78, 5) is 0. The molecule has 11 heavy (non-hydrogen) atoms. The maximum Gasteiger partial charge on any atom is 0.264 e. The molecule has 0 aliphatic heterocycles. The zero-order chi connectivity index (χ0) is 8.43. The highest BCUT2D eigenvalue weighted by atomic mass is 35.5. The molecule has 0 radical (unpaired) electrons. The third kappa shape index (κ3) is 1.90. The lowest BCUT2D eigenvalue weighted by atomic mass is 10.1. The largest absolute Gasteiger partial charge is 0.264 e. The summed E-state index contributed by atoms with van der Waals surface area (Å²) in [5.74, 6) is 0. The van der Waals surface area contributed by atoms with Crippen molar-refractivity contribution in [1.82, 2.24) is 0 Å². The van der Waals surface area contributed by atoms with Gasteiger partial charge in [-0.15, -0.1) is 0 Å². The van der Waals surface area contributed by atoms with Gasteiger partial charge >= 0.3 is 0 Å². The second kappa shape index (κ2) is 3.18.